The molecule has 5 nitrogen and oxygen atoms in total. The lowest BCUT2D eigenvalue weighted by Crippen LogP contribution is -2.42. The lowest BCUT2D eigenvalue weighted by molar-refractivity contribution is 0.0942. The highest BCUT2D eigenvalue weighted by molar-refractivity contribution is 7.98. The maximum atomic E-state index is 14.4. The summed E-state index contributed by atoms with van der Waals surface area (Å²) in [6.07, 6.45) is 4.80. The molecule has 7 heteroatoms. The van der Waals surface area contributed by atoms with Gasteiger partial charge in [0.25, 0.3) is 11.5 Å². The van der Waals surface area contributed by atoms with E-state index >= 15 is 0 Å². The second-order valence-electron chi connectivity index (χ2n) is 10.0. The average molecular weight is 543 g/mol. The molecule has 6 rings (SSSR count). The van der Waals surface area contributed by atoms with Crippen LogP contribution in [0.25, 0.3) is 11.3 Å². The summed E-state index contributed by atoms with van der Waals surface area (Å²) in [5, 5.41) is 0.933. The van der Waals surface area contributed by atoms with Crippen molar-refractivity contribution in [2.75, 3.05) is 7.11 Å². The molecule has 0 saturated heterocycles. The van der Waals surface area contributed by atoms with Crippen molar-refractivity contribution in [1.29, 1.82) is 0 Å². The summed E-state index contributed by atoms with van der Waals surface area (Å²) in [4.78, 5) is 33.4. The van der Waals surface area contributed by atoms with E-state index in [2.05, 4.69) is 12.1 Å². The molecule has 38 heavy (non-hydrogen) atoms. The van der Waals surface area contributed by atoms with Gasteiger partial charge in [0, 0.05) is 27.3 Å². The molecule has 0 bridgehead atoms. The van der Waals surface area contributed by atoms with E-state index in [0.29, 0.717) is 27.1 Å². The first kappa shape index (κ1) is 25.0. The minimum Gasteiger partial charge on any atom is -0.497 e. The molecule has 1 saturated carbocycles. The van der Waals surface area contributed by atoms with Crippen LogP contribution in [0, 0.1) is 0 Å². The zero-order chi connectivity index (χ0) is 26.3. The molecule has 3 aromatic carbocycles. The second-order valence-corrected chi connectivity index (χ2v) is 11.4. The number of hydrogen-bond donors (Lipinski definition) is 0. The SMILES string of the molecule is COc1ccc(CSc2nc3c(c(=O)n2C(=O)c2ccc(Cl)cc2)C2(CCCC2)Cc2ccccc2-3)cc1. The van der Waals surface area contributed by atoms with Crippen molar-refractivity contribution in [1.82, 2.24) is 9.55 Å². The van der Waals surface area contributed by atoms with Crippen LogP contribution in [0.4, 0.5) is 0 Å². The van der Waals surface area contributed by atoms with Crippen molar-refractivity contribution < 1.29 is 9.53 Å². The number of nitrogens with zero attached hydrogens (tertiary/aromatic N) is 2. The van der Waals surface area contributed by atoms with Crippen LogP contribution in [-0.4, -0.2) is 22.6 Å². The normalized spacial score (nSPS) is 15.2. The number of thioether (sulfide) groups is 1. The van der Waals surface area contributed by atoms with Crippen LogP contribution >= 0.6 is 23.4 Å². The van der Waals surface area contributed by atoms with E-state index in [1.165, 1.54) is 21.9 Å². The third-order valence-electron chi connectivity index (χ3n) is 7.77. The number of aromatic nitrogens is 2. The smallest absolute Gasteiger partial charge is 0.266 e. The van der Waals surface area contributed by atoms with Gasteiger partial charge in [-0.15, -0.1) is 0 Å². The van der Waals surface area contributed by atoms with Gasteiger partial charge >= 0.3 is 0 Å². The number of hydrogen-bond acceptors (Lipinski definition) is 5. The Bertz CT molecular complexity index is 1570. The zero-order valence-electron chi connectivity index (χ0n) is 21.1. The van der Waals surface area contributed by atoms with Crippen molar-refractivity contribution in [3.8, 4) is 17.0 Å². The molecule has 0 N–H and O–H groups in total. The lowest BCUT2D eigenvalue weighted by Gasteiger charge is -2.36. The summed E-state index contributed by atoms with van der Waals surface area (Å²) >= 11 is 7.48. The van der Waals surface area contributed by atoms with Crippen LogP contribution in [0.2, 0.25) is 5.02 Å². The molecule has 2 aliphatic carbocycles. The highest BCUT2D eigenvalue weighted by atomic mass is 35.5. The van der Waals surface area contributed by atoms with Gasteiger partial charge < -0.3 is 4.74 Å². The number of benzene rings is 3. The summed E-state index contributed by atoms with van der Waals surface area (Å²) in [6.45, 7) is 0. The fourth-order valence-corrected chi connectivity index (χ4v) is 6.94. The molecule has 1 spiro atoms. The summed E-state index contributed by atoms with van der Waals surface area (Å²) < 4.78 is 6.57. The molecule has 4 aromatic rings. The summed E-state index contributed by atoms with van der Waals surface area (Å²) in [6, 6.07) is 22.7. The topological polar surface area (TPSA) is 61.2 Å². The van der Waals surface area contributed by atoms with E-state index in [4.69, 9.17) is 21.3 Å². The van der Waals surface area contributed by atoms with Crippen molar-refractivity contribution in [3.05, 3.63) is 110 Å². The third-order valence-corrected chi connectivity index (χ3v) is 9.03. The predicted octanol–water partition coefficient (Wildman–Crippen LogP) is 6.92. The van der Waals surface area contributed by atoms with Crippen LogP contribution in [0.15, 0.2) is 82.7 Å². The van der Waals surface area contributed by atoms with Crippen molar-refractivity contribution >= 4 is 29.3 Å². The Morgan fingerprint density at radius 3 is 2.45 bits per heavy atom. The minimum absolute atomic E-state index is 0.247. The predicted molar refractivity (Wildman–Crippen MR) is 152 cm³/mol. The van der Waals surface area contributed by atoms with Crippen LogP contribution in [0.5, 0.6) is 5.75 Å². The van der Waals surface area contributed by atoms with Crippen LogP contribution in [-0.2, 0) is 17.6 Å². The lowest BCUT2D eigenvalue weighted by atomic mass is 9.68. The standard InChI is InChI=1S/C31H27ClN2O3S/c1-37-24-14-8-20(9-15-24)19-38-30-33-27-25-7-3-2-6-22(25)18-31(16-4-5-17-31)26(27)29(36)34(30)28(35)21-10-12-23(32)13-11-21/h2-3,6-15H,4-5,16-19H2,1H3. The number of carbonyl (C=O) groups excluding carboxylic acids is 1. The molecule has 1 heterocycles. The second kappa shape index (κ2) is 10.1. The van der Waals surface area contributed by atoms with Crippen molar-refractivity contribution in [2.45, 2.75) is 48.4 Å². The molecule has 0 unspecified atom stereocenters. The maximum absolute atomic E-state index is 14.4. The fraction of sp³-hybridized carbons (Fsp3) is 0.258. The Kier molecular flexibility index (Phi) is 6.62. The van der Waals surface area contributed by atoms with Crippen LogP contribution in [0.3, 0.4) is 0 Å². The largest absolute Gasteiger partial charge is 0.497 e. The summed E-state index contributed by atoms with van der Waals surface area (Å²) in [5.74, 6) is 0.945. The number of rotatable bonds is 5. The van der Waals surface area contributed by atoms with Gasteiger partial charge in [-0.25, -0.2) is 9.55 Å². The van der Waals surface area contributed by atoms with Crippen LogP contribution in [0.1, 0.15) is 52.7 Å². The van der Waals surface area contributed by atoms with Gasteiger partial charge in [-0.3, -0.25) is 9.59 Å². The van der Waals surface area contributed by atoms with Crippen LogP contribution < -0.4 is 10.3 Å². The Balaban J connectivity index is 1.53. The fourth-order valence-electron chi connectivity index (χ4n) is 5.88. The van der Waals surface area contributed by atoms with Gasteiger partial charge in [-0.05, 0) is 66.8 Å². The summed E-state index contributed by atoms with van der Waals surface area (Å²) in [7, 11) is 1.64. The van der Waals surface area contributed by atoms with Gasteiger partial charge in [0.05, 0.1) is 18.4 Å². The first-order valence-electron chi connectivity index (χ1n) is 12.8. The maximum Gasteiger partial charge on any atom is 0.266 e. The average Bonchev–Trinajstić information content (AvgIpc) is 3.40. The first-order chi connectivity index (χ1) is 18.5. The number of carbonyl (C=O) groups is 1. The first-order valence-corrected chi connectivity index (χ1v) is 14.2. The number of ether oxygens (including phenoxy) is 1. The van der Waals surface area contributed by atoms with E-state index in [-0.39, 0.29) is 16.9 Å². The Hall–Kier alpha value is -3.35. The molecule has 192 valence electrons. The quantitative estimate of drug-likeness (QED) is 0.202. The van der Waals surface area contributed by atoms with Gasteiger partial charge in [0.1, 0.15) is 5.75 Å². The zero-order valence-corrected chi connectivity index (χ0v) is 22.6. The Labute approximate surface area is 230 Å². The van der Waals surface area contributed by atoms with E-state index in [9.17, 15) is 9.59 Å². The number of methoxy groups -OCH3 is 1. The monoisotopic (exact) mass is 542 g/mol. The van der Waals surface area contributed by atoms with Gasteiger partial charge in [0.15, 0.2) is 5.16 Å². The van der Waals surface area contributed by atoms with E-state index in [1.54, 1.807) is 31.4 Å². The number of fused-ring (bicyclic) bond motifs is 4. The highest BCUT2D eigenvalue weighted by Crippen LogP contribution is 2.50. The van der Waals surface area contributed by atoms with Gasteiger partial charge in [-0.1, -0.05) is 72.6 Å². The van der Waals surface area contributed by atoms with E-state index in [1.807, 2.05) is 36.4 Å². The van der Waals surface area contributed by atoms with Crippen molar-refractivity contribution in [2.24, 2.45) is 0 Å². The molecule has 2 aliphatic rings. The molecule has 0 aliphatic heterocycles. The van der Waals surface area contributed by atoms with Gasteiger partial charge in [-0.2, -0.15) is 0 Å². The molecule has 0 amide bonds. The Morgan fingerprint density at radius 2 is 1.74 bits per heavy atom. The van der Waals surface area contributed by atoms with E-state index in [0.717, 1.165) is 54.7 Å². The molecule has 1 aromatic heterocycles. The number of halogens is 1. The molecular formula is C31H27ClN2O3S. The third kappa shape index (κ3) is 4.36. The van der Waals surface area contributed by atoms with Crippen molar-refractivity contribution in [3.63, 3.8) is 0 Å². The molecule has 0 radical (unpaired) electrons. The summed E-state index contributed by atoms with van der Waals surface area (Å²) in [5.41, 5.74) is 4.57. The minimum atomic E-state index is -0.383. The molecular weight excluding hydrogens is 516 g/mol. The van der Waals surface area contributed by atoms with E-state index < -0.39 is 0 Å². The molecule has 1 fully saturated rings. The molecule has 0 atom stereocenters. The Morgan fingerprint density at radius 1 is 1.03 bits per heavy atom. The van der Waals surface area contributed by atoms with Gasteiger partial charge in [0.2, 0.25) is 0 Å². The highest BCUT2D eigenvalue weighted by Gasteiger charge is 2.45.